The highest BCUT2D eigenvalue weighted by atomic mass is 35.5. The molecule has 20 heavy (non-hydrogen) atoms. The molecule has 1 aromatic rings. The maximum atomic E-state index is 13.7. The van der Waals surface area contributed by atoms with Crippen LogP contribution in [0.25, 0.3) is 0 Å². The summed E-state index contributed by atoms with van der Waals surface area (Å²) in [6.07, 6.45) is 2.82. The van der Waals surface area contributed by atoms with Crippen LogP contribution in [0.3, 0.4) is 0 Å². The number of sulfonamides is 1. The van der Waals surface area contributed by atoms with E-state index < -0.39 is 22.4 Å². The van der Waals surface area contributed by atoms with E-state index >= 15 is 0 Å². The van der Waals surface area contributed by atoms with Crippen LogP contribution in [0.15, 0.2) is 17.0 Å². The average molecular weight is 320 g/mol. The van der Waals surface area contributed by atoms with Gasteiger partial charge in [0, 0.05) is 18.2 Å². The third-order valence-electron chi connectivity index (χ3n) is 4.21. The Hall–Kier alpha value is -0.690. The molecule has 2 aliphatic rings. The highest BCUT2D eigenvalue weighted by molar-refractivity contribution is 7.89. The van der Waals surface area contributed by atoms with E-state index in [0.29, 0.717) is 12.5 Å². The molecule has 1 N–H and O–H groups in total. The summed E-state index contributed by atoms with van der Waals surface area (Å²) >= 11 is 5.69. The van der Waals surface area contributed by atoms with Gasteiger partial charge in [0.25, 0.3) is 0 Å². The monoisotopic (exact) mass is 319 g/mol. The summed E-state index contributed by atoms with van der Waals surface area (Å²) in [6, 6.07) is 2.22. The predicted octanol–water partition coefficient (Wildman–Crippen LogP) is 2.14. The third-order valence-corrected chi connectivity index (χ3v) is 6.53. The first kappa shape index (κ1) is 14.3. The molecule has 2 fully saturated rings. The summed E-state index contributed by atoms with van der Waals surface area (Å²) in [5, 5.41) is 8.92. The minimum absolute atomic E-state index is 0.0290. The Bertz CT molecular complexity index is 649. The topological polar surface area (TPSA) is 57.6 Å². The lowest BCUT2D eigenvalue weighted by molar-refractivity contribution is 0.281. The highest BCUT2D eigenvalue weighted by Crippen LogP contribution is 2.41. The Morgan fingerprint density at radius 3 is 2.70 bits per heavy atom. The Morgan fingerprint density at radius 2 is 2.15 bits per heavy atom. The molecule has 2 unspecified atom stereocenters. The molecule has 1 aromatic carbocycles. The first-order valence-corrected chi connectivity index (χ1v) is 8.36. The molecule has 1 saturated carbocycles. The van der Waals surface area contributed by atoms with E-state index in [0.717, 1.165) is 25.3 Å². The lowest BCUT2D eigenvalue weighted by atomic mass is 10.1. The van der Waals surface area contributed by atoms with Gasteiger partial charge in [0.1, 0.15) is 5.82 Å². The molecule has 0 radical (unpaired) electrons. The zero-order chi connectivity index (χ0) is 14.5. The molecule has 3 rings (SSSR count). The van der Waals surface area contributed by atoms with E-state index in [1.54, 1.807) is 0 Å². The lowest BCUT2D eigenvalue weighted by Crippen LogP contribution is -2.37. The molecule has 2 atom stereocenters. The number of benzene rings is 1. The van der Waals surface area contributed by atoms with Gasteiger partial charge in [-0.2, -0.15) is 4.31 Å². The van der Waals surface area contributed by atoms with E-state index in [1.165, 1.54) is 10.4 Å². The van der Waals surface area contributed by atoms with Crippen LogP contribution in [0.1, 0.15) is 24.8 Å². The van der Waals surface area contributed by atoms with Crippen molar-refractivity contribution in [1.82, 2.24) is 4.31 Å². The number of aliphatic hydroxyl groups is 1. The van der Waals surface area contributed by atoms with Crippen molar-refractivity contribution in [3.63, 3.8) is 0 Å². The molecule has 7 heteroatoms. The van der Waals surface area contributed by atoms with Crippen LogP contribution >= 0.6 is 11.6 Å². The molecule has 1 saturated heterocycles. The number of piperidine rings is 1. The molecule has 2 bridgehead atoms. The van der Waals surface area contributed by atoms with E-state index in [2.05, 4.69) is 0 Å². The van der Waals surface area contributed by atoms with Crippen molar-refractivity contribution in [2.75, 3.05) is 6.54 Å². The smallest absolute Gasteiger partial charge is 0.243 e. The summed E-state index contributed by atoms with van der Waals surface area (Å²) < 4.78 is 40.4. The zero-order valence-corrected chi connectivity index (χ0v) is 12.3. The van der Waals surface area contributed by atoms with Gasteiger partial charge < -0.3 is 5.11 Å². The van der Waals surface area contributed by atoms with E-state index in [4.69, 9.17) is 16.7 Å². The molecule has 1 aliphatic heterocycles. The maximum Gasteiger partial charge on any atom is 0.243 e. The van der Waals surface area contributed by atoms with Crippen LogP contribution in [-0.2, 0) is 16.6 Å². The van der Waals surface area contributed by atoms with Gasteiger partial charge >= 0.3 is 0 Å². The molecular formula is C13H15ClFNO3S. The van der Waals surface area contributed by atoms with Crippen molar-refractivity contribution in [3.8, 4) is 0 Å². The van der Waals surface area contributed by atoms with E-state index in [9.17, 15) is 12.8 Å². The van der Waals surface area contributed by atoms with Crippen LogP contribution in [0.2, 0.25) is 5.02 Å². The number of hydrogen-bond donors (Lipinski definition) is 1. The van der Waals surface area contributed by atoms with Gasteiger partial charge in [0.05, 0.1) is 16.5 Å². The minimum Gasteiger partial charge on any atom is -0.392 e. The second-order valence-corrected chi connectivity index (χ2v) is 7.71. The van der Waals surface area contributed by atoms with Gasteiger partial charge in [-0.05, 0) is 37.3 Å². The Labute approximate surface area is 122 Å². The van der Waals surface area contributed by atoms with Crippen molar-refractivity contribution in [2.45, 2.75) is 36.8 Å². The number of nitrogens with zero attached hydrogens (tertiary/aromatic N) is 1. The predicted molar refractivity (Wildman–Crippen MR) is 72.4 cm³/mol. The normalized spacial score (nSPS) is 26.4. The first-order chi connectivity index (χ1) is 9.43. The van der Waals surface area contributed by atoms with Gasteiger partial charge in [0.2, 0.25) is 10.0 Å². The van der Waals surface area contributed by atoms with Crippen LogP contribution in [-0.4, -0.2) is 30.4 Å². The Kier molecular flexibility index (Phi) is 3.52. The van der Waals surface area contributed by atoms with Crippen LogP contribution < -0.4 is 0 Å². The Balaban J connectivity index is 2.01. The number of hydrogen-bond acceptors (Lipinski definition) is 3. The summed E-state index contributed by atoms with van der Waals surface area (Å²) in [6.45, 7) is 0.0108. The number of fused-ring (bicyclic) bond motifs is 2. The van der Waals surface area contributed by atoms with Crippen LogP contribution in [0.4, 0.5) is 4.39 Å². The molecular weight excluding hydrogens is 305 g/mol. The Morgan fingerprint density at radius 1 is 1.40 bits per heavy atom. The number of halogens is 2. The minimum atomic E-state index is -3.72. The summed E-state index contributed by atoms with van der Waals surface area (Å²) in [5.41, 5.74) is 0.0922. The number of aliphatic hydroxyl groups excluding tert-OH is 1. The average Bonchev–Trinajstić information content (AvgIpc) is 3.04. The molecule has 0 spiro atoms. The summed E-state index contributed by atoms with van der Waals surface area (Å²) in [7, 11) is -3.72. The summed E-state index contributed by atoms with van der Waals surface area (Å²) in [5.74, 6) is -0.398. The fourth-order valence-corrected chi connectivity index (χ4v) is 5.17. The van der Waals surface area contributed by atoms with Gasteiger partial charge in [-0.15, -0.1) is 0 Å². The van der Waals surface area contributed by atoms with Crippen molar-refractivity contribution in [2.24, 2.45) is 5.92 Å². The highest BCUT2D eigenvalue weighted by Gasteiger charge is 2.44. The van der Waals surface area contributed by atoms with Crippen molar-refractivity contribution in [1.29, 1.82) is 0 Å². The maximum absolute atomic E-state index is 13.7. The molecule has 110 valence electrons. The van der Waals surface area contributed by atoms with Crippen molar-refractivity contribution >= 4 is 21.6 Å². The molecule has 1 heterocycles. The van der Waals surface area contributed by atoms with Gasteiger partial charge in [-0.25, -0.2) is 12.8 Å². The quantitative estimate of drug-likeness (QED) is 0.928. The zero-order valence-electron chi connectivity index (χ0n) is 10.7. The second kappa shape index (κ2) is 4.94. The van der Waals surface area contributed by atoms with Gasteiger partial charge in [0.15, 0.2) is 0 Å². The van der Waals surface area contributed by atoms with Crippen molar-refractivity contribution in [3.05, 3.63) is 28.5 Å². The fraction of sp³-hybridized carbons (Fsp3) is 0.538. The lowest BCUT2D eigenvalue weighted by Gasteiger charge is -2.26. The van der Waals surface area contributed by atoms with Gasteiger partial charge in [-0.1, -0.05) is 11.6 Å². The largest absolute Gasteiger partial charge is 0.392 e. The molecule has 4 nitrogen and oxygen atoms in total. The van der Waals surface area contributed by atoms with E-state index in [1.807, 2.05) is 0 Å². The second-order valence-electron chi connectivity index (χ2n) is 5.44. The number of rotatable bonds is 3. The van der Waals surface area contributed by atoms with Crippen LogP contribution in [0, 0.1) is 11.7 Å². The molecule has 1 aliphatic carbocycles. The third kappa shape index (κ3) is 2.15. The van der Waals surface area contributed by atoms with Gasteiger partial charge in [-0.3, -0.25) is 0 Å². The summed E-state index contributed by atoms with van der Waals surface area (Å²) in [4.78, 5) is -0.129. The van der Waals surface area contributed by atoms with Crippen LogP contribution in [0.5, 0.6) is 0 Å². The SMILES string of the molecule is O=S(=O)(c1cc(F)c(Cl)c(CO)c1)N1CC2CCC1C2. The standard InChI is InChI=1S/C13H15ClFNO3S/c14-13-9(7-17)4-11(5-12(13)15)20(18,19)16-6-8-1-2-10(16)3-8/h4-5,8,10,17H,1-3,6-7H2. The first-order valence-electron chi connectivity index (χ1n) is 6.54. The fourth-order valence-electron chi connectivity index (χ4n) is 3.19. The van der Waals surface area contributed by atoms with E-state index in [-0.39, 0.29) is 21.5 Å². The molecule has 0 aromatic heterocycles. The van der Waals surface area contributed by atoms with Crippen molar-refractivity contribution < 1.29 is 17.9 Å². The molecule has 0 amide bonds.